The van der Waals surface area contributed by atoms with Gasteiger partial charge in [0.2, 0.25) is 0 Å². The van der Waals surface area contributed by atoms with Crippen LogP contribution in [0, 0.1) is 11.8 Å². The zero-order valence-corrected chi connectivity index (χ0v) is 24.1. The SMILES string of the molecule is C=C(Nc1cc(C(C)(C)C)nn1CC1CC1)NC1SC(CCc2ccnc(NC(=C)C(C)C)c2)=CN1C. The number of aryl methyl sites for hydroxylation is 1. The van der Waals surface area contributed by atoms with Gasteiger partial charge in [0, 0.05) is 48.1 Å². The average Bonchev–Trinajstić information content (AvgIpc) is 3.44. The van der Waals surface area contributed by atoms with Crippen molar-refractivity contribution in [3.63, 3.8) is 0 Å². The topological polar surface area (TPSA) is 70.0 Å². The Morgan fingerprint density at radius 2 is 1.92 bits per heavy atom. The number of anilines is 2. The van der Waals surface area contributed by atoms with Gasteiger partial charge in [-0.15, -0.1) is 0 Å². The van der Waals surface area contributed by atoms with E-state index >= 15 is 0 Å². The predicted octanol–water partition coefficient (Wildman–Crippen LogP) is 6.48. The molecule has 1 saturated carbocycles. The first kappa shape index (κ1) is 27.2. The Bertz CT molecular complexity index is 1150. The molecule has 200 valence electrons. The van der Waals surface area contributed by atoms with Crippen LogP contribution in [0.2, 0.25) is 0 Å². The van der Waals surface area contributed by atoms with Crippen molar-refractivity contribution in [2.75, 3.05) is 17.7 Å². The summed E-state index contributed by atoms with van der Waals surface area (Å²) in [4.78, 5) is 8.00. The van der Waals surface area contributed by atoms with Crippen molar-refractivity contribution >= 4 is 23.4 Å². The van der Waals surface area contributed by atoms with E-state index in [2.05, 4.69) is 110 Å². The molecular weight excluding hydrogens is 478 g/mol. The van der Waals surface area contributed by atoms with Gasteiger partial charge in [0.15, 0.2) is 5.50 Å². The second kappa shape index (κ2) is 11.3. The van der Waals surface area contributed by atoms with Crippen LogP contribution in [0.1, 0.15) is 65.1 Å². The Balaban J connectivity index is 1.30. The van der Waals surface area contributed by atoms with E-state index in [4.69, 9.17) is 5.10 Å². The molecule has 8 heteroatoms. The van der Waals surface area contributed by atoms with Crippen molar-refractivity contribution in [3.8, 4) is 0 Å². The standard InChI is InChI=1S/C29H43N7S/c1-19(2)20(3)31-26-15-22(13-14-30-26)11-12-24-18-35(8)28(37-24)33-21(4)32-27-16-25(29(5,6)7)34-36(27)17-23-9-10-23/h13-16,18-19,23,28,32-33H,3-4,9-12,17H2,1-2,5-8H3,(H,30,31). The van der Waals surface area contributed by atoms with Crippen LogP contribution in [-0.2, 0) is 18.4 Å². The maximum atomic E-state index is 4.90. The maximum absolute atomic E-state index is 4.90. The number of allylic oxidation sites excluding steroid dienone is 2. The lowest BCUT2D eigenvalue weighted by atomic mass is 9.92. The van der Waals surface area contributed by atoms with Crippen molar-refractivity contribution < 1.29 is 0 Å². The van der Waals surface area contributed by atoms with Gasteiger partial charge in [-0.05, 0) is 55.2 Å². The molecule has 1 aliphatic carbocycles. The largest absolute Gasteiger partial charge is 0.351 e. The van der Waals surface area contributed by atoms with Gasteiger partial charge in [-0.3, -0.25) is 0 Å². The van der Waals surface area contributed by atoms with Gasteiger partial charge in [-0.1, -0.05) is 59.5 Å². The molecule has 0 saturated heterocycles. The minimum atomic E-state index is 0.00831. The fraction of sp³-hybridized carbons (Fsp3) is 0.517. The van der Waals surface area contributed by atoms with Crippen molar-refractivity contribution in [2.45, 2.75) is 77.8 Å². The molecule has 2 aliphatic rings. The van der Waals surface area contributed by atoms with Crippen molar-refractivity contribution in [2.24, 2.45) is 11.8 Å². The molecular formula is C29H43N7S. The molecule has 0 aromatic carbocycles. The van der Waals surface area contributed by atoms with E-state index in [9.17, 15) is 0 Å². The first-order valence-electron chi connectivity index (χ1n) is 13.3. The van der Waals surface area contributed by atoms with Crippen molar-refractivity contribution in [3.05, 3.63) is 71.4 Å². The summed E-state index contributed by atoms with van der Waals surface area (Å²) in [6.07, 6.45) is 8.63. The molecule has 0 amide bonds. The molecule has 0 radical (unpaired) electrons. The summed E-state index contributed by atoms with van der Waals surface area (Å²) in [5.41, 5.74) is 3.45. The Labute approximate surface area is 226 Å². The fourth-order valence-corrected chi connectivity index (χ4v) is 5.15. The quantitative estimate of drug-likeness (QED) is 0.295. The highest BCUT2D eigenvalue weighted by Crippen LogP contribution is 2.35. The lowest BCUT2D eigenvalue weighted by Crippen LogP contribution is -2.36. The lowest BCUT2D eigenvalue weighted by molar-refractivity contribution is 0.402. The summed E-state index contributed by atoms with van der Waals surface area (Å²) in [7, 11) is 2.10. The molecule has 0 bridgehead atoms. The number of nitrogens with zero attached hydrogens (tertiary/aromatic N) is 4. The number of rotatable bonds is 12. The summed E-state index contributed by atoms with van der Waals surface area (Å²) < 4.78 is 2.12. The Kier molecular flexibility index (Phi) is 8.26. The monoisotopic (exact) mass is 521 g/mol. The molecule has 1 aliphatic heterocycles. The van der Waals surface area contributed by atoms with Crippen LogP contribution in [0.4, 0.5) is 11.6 Å². The number of aromatic nitrogens is 3. The number of thioether (sulfide) groups is 1. The number of nitrogens with one attached hydrogen (secondary N) is 3. The lowest BCUT2D eigenvalue weighted by Gasteiger charge is -2.24. The van der Waals surface area contributed by atoms with Crippen molar-refractivity contribution in [1.29, 1.82) is 0 Å². The van der Waals surface area contributed by atoms with Crippen LogP contribution in [0.5, 0.6) is 0 Å². The molecule has 4 rings (SSSR count). The van der Waals surface area contributed by atoms with E-state index in [-0.39, 0.29) is 10.9 Å². The number of hydrogen-bond acceptors (Lipinski definition) is 7. The molecule has 3 heterocycles. The van der Waals surface area contributed by atoms with Crippen LogP contribution >= 0.6 is 11.8 Å². The Morgan fingerprint density at radius 1 is 1.16 bits per heavy atom. The zero-order valence-electron chi connectivity index (χ0n) is 23.3. The van der Waals surface area contributed by atoms with Crippen LogP contribution in [0.3, 0.4) is 0 Å². The van der Waals surface area contributed by atoms with E-state index < -0.39 is 0 Å². The van der Waals surface area contributed by atoms with E-state index in [1.807, 2.05) is 18.0 Å². The van der Waals surface area contributed by atoms with Gasteiger partial charge < -0.3 is 20.9 Å². The van der Waals surface area contributed by atoms with E-state index in [1.54, 1.807) is 0 Å². The van der Waals surface area contributed by atoms with Crippen LogP contribution in [-0.4, -0.2) is 32.2 Å². The first-order chi connectivity index (χ1) is 17.5. The zero-order chi connectivity index (χ0) is 26.7. The summed E-state index contributed by atoms with van der Waals surface area (Å²) >= 11 is 1.84. The molecule has 3 N–H and O–H groups in total. The summed E-state index contributed by atoms with van der Waals surface area (Å²) in [5.74, 6) is 3.77. The van der Waals surface area contributed by atoms with Gasteiger partial charge in [0.1, 0.15) is 11.6 Å². The highest BCUT2D eigenvalue weighted by molar-refractivity contribution is 8.03. The normalized spacial score (nSPS) is 17.6. The Hall–Kier alpha value is -2.87. The minimum Gasteiger partial charge on any atom is -0.351 e. The predicted molar refractivity (Wildman–Crippen MR) is 157 cm³/mol. The third-order valence-corrected chi connectivity index (χ3v) is 7.99. The second-order valence-electron chi connectivity index (χ2n) is 11.6. The molecule has 7 nitrogen and oxygen atoms in total. The summed E-state index contributed by atoms with van der Waals surface area (Å²) in [6.45, 7) is 20.2. The Morgan fingerprint density at radius 3 is 2.59 bits per heavy atom. The summed E-state index contributed by atoms with van der Waals surface area (Å²) in [6, 6.07) is 6.37. The third-order valence-electron chi connectivity index (χ3n) is 6.70. The molecule has 1 atom stereocenters. The highest BCUT2D eigenvalue weighted by Gasteiger charge is 2.27. The van der Waals surface area contributed by atoms with E-state index in [0.717, 1.165) is 54.2 Å². The molecule has 1 fully saturated rings. The summed E-state index contributed by atoms with van der Waals surface area (Å²) in [5, 5.41) is 15.3. The number of pyridine rings is 1. The molecule has 1 unspecified atom stereocenters. The van der Waals surface area contributed by atoms with Gasteiger partial charge in [-0.25, -0.2) is 9.67 Å². The fourth-order valence-electron chi connectivity index (χ4n) is 3.99. The average molecular weight is 522 g/mol. The van der Waals surface area contributed by atoms with Gasteiger partial charge in [0.05, 0.1) is 11.5 Å². The van der Waals surface area contributed by atoms with Crippen LogP contribution in [0.25, 0.3) is 0 Å². The smallest absolute Gasteiger partial charge is 0.152 e. The molecule has 37 heavy (non-hydrogen) atoms. The second-order valence-corrected chi connectivity index (χ2v) is 12.8. The first-order valence-corrected chi connectivity index (χ1v) is 14.2. The van der Waals surface area contributed by atoms with Crippen LogP contribution in [0.15, 0.2) is 60.2 Å². The van der Waals surface area contributed by atoms with E-state index in [1.165, 1.54) is 23.3 Å². The molecule has 2 aromatic heterocycles. The van der Waals surface area contributed by atoms with Crippen LogP contribution < -0.4 is 16.0 Å². The molecule has 2 aromatic rings. The van der Waals surface area contributed by atoms with Gasteiger partial charge >= 0.3 is 0 Å². The van der Waals surface area contributed by atoms with E-state index in [0.29, 0.717) is 5.92 Å². The minimum absolute atomic E-state index is 0.00831. The number of hydrogen-bond donors (Lipinski definition) is 3. The third kappa shape index (κ3) is 7.57. The maximum Gasteiger partial charge on any atom is 0.152 e. The highest BCUT2D eigenvalue weighted by atomic mass is 32.2. The van der Waals surface area contributed by atoms with Gasteiger partial charge in [-0.2, -0.15) is 5.10 Å². The molecule has 0 spiro atoms. The van der Waals surface area contributed by atoms with Gasteiger partial charge in [0.25, 0.3) is 0 Å². The van der Waals surface area contributed by atoms with Crippen molar-refractivity contribution in [1.82, 2.24) is 25.0 Å².